The maximum absolute atomic E-state index is 12.7. The Morgan fingerprint density at radius 2 is 2.10 bits per heavy atom. The second-order valence-electron chi connectivity index (χ2n) is 4.43. The molecule has 0 heterocycles. The van der Waals surface area contributed by atoms with Crippen molar-refractivity contribution < 1.29 is 22.7 Å². The molecule has 4 nitrogen and oxygen atoms in total. The van der Waals surface area contributed by atoms with Crippen LogP contribution in [0.5, 0.6) is 0 Å². The van der Waals surface area contributed by atoms with Gasteiger partial charge in [-0.25, -0.2) is 0 Å². The highest BCUT2D eigenvalue weighted by atomic mass is 19.4. The third-order valence-corrected chi connectivity index (χ3v) is 2.82. The van der Waals surface area contributed by atoms with Crippen molar-refractivity contribution >= 4 is 17.3 Å². The van der Waals surface area contributed by atoms with Gasteiger partial charge in [0.1, 0.15) is 0 Å². The fourth-order valence-electron chi connectivity index (χ4n) is 1.56. The van der Waals surface area contributed by atoms with Crippen LogP contribution in [-0.4, -0.2) is 19.1 Å². The van der Waals surface area contributed by atoms with E-state index in [0.29, 0.717) is 6.42 Å². The number of carbonyl (C=O) groups is 1. The van der Waals surface area contributed by atoms with E-state index >= 15 is 0 Å². The van der Waals surface area contributed by atoms with Gasteiger partial charge >= 0.3 is 6.18 Å². The van der Waals surface area contributed by atoms with E-state index in [1.807, 2.05) is 0 Å². The molecule has 0 spiro atoms. The first-order valence-electron chi connectivity index (χ1n) is 6.03. The highest BCUT2D eigenvalue weighted by Crippen LogP contribution is 2.35. The molecule has 20 heavy (non-hydrogen) atoms. The number of nitrogen functional groups attached to an aromatic ring is 1. The number of anilines is 2. The molecule has 0 aliphatic heterocycles. The molecule has 0 radical (unpaired) electrons. The van der Waals surface area contributed by atoms with Gasteiger partial charge in [-0.05, 0) is 31.5 Å². The largest absolute Gasteiger partial charge is 0.418 e. The van der Waals surface area contributed by atoms with E-state index in [4.69, 9.17) is 10.5 Å². The van der Waals surface area contributed by atoms with Gasteiger partial charge in [0.15, 0.2) is 0 Å². The van der Waals surface area contributed by atoms with Crippen LogP contribution in [0.25, 0.3) is 0 Å². The minimum Gasteiger partial charge on any atom is -0.398 e. The van der Waals surface area contributed by atoms with Crippen molar-refractivity contribution in [1.29, 1.82) is 0 Å². The number of alkyl halides is 3. The Labute approximate surface area is 115 Å². The van der Waals surface area contributed by atoms with Crippen LogP contribution in [-0.2, 0) is 15.7 Å². The first-order chi connectivity index (χ1) is 9.24. The quantitative estimate of drug-likeness (QED) is 0.819. The first-order valence-corrected chi connectivity index (χ1v) is 6.03. The average Bonchev–Trinajstić information content (AvgIpc) is 2.37. The maximum atomic E-state index is 12.7. The molecule has 112 valence electrons. The monoisotopic (exact) mass is 290 g/mol. The average molecular weight is 290 g/mol. The lowest BCUT2D eigenvalue weighted by molar-refractivity contribution is -0.136. The second-order valence-corrected chi connectivity index (χ2v) is 4.43. The Bertz CT molecular complexity index is 475. The number of rotatable bonds is 5. The molecule has 1 unspecified atom stereocenters. The third kappa shape index (κ3) is 4.73. The summed E-state index contributed by atoms with van der Waals surface area (Å²) in [5, 5.41) is 2.41. The lowest BCUT2D eigenvalue weighted by Crippen LogP contribution is -2.16. The Kier molecular flexibility index (Phi) is 5.38. The number of ether oxygens (including phenoxy) is 1. The van der Waals surface area contributed by atoms with Gasteiger partial charge in [-0.1, -0.05) is 0 Å². The van der Waals surface area contributed by atoms with E-state index in [1.165, 1.54) is 13.2 Å². The Hall–Kier alpha value is -1.76. The van der Waals surface area contributed by atoms with Crippen molar-refractivity contribution in [3.63, 3.8) is 0 Å². The van der Waals surface area contributed by atoms with E-state index in [2.05, 4.69) is 5.32 Å². The van der Waals surface area contributed by atoms with E-state index < -0.39 is 11.7 Å². The number of hydrogen-bond acceptors (Lipinski definition) is 3. The number of halogens is 3. The Morgan fingerprint density at radius 3 is 2.65 bits per heavy atom. The van der Waals surface area contributed by atoms with Crippen LogP contribution in [0.4, 0.5) is 24.5 Å². The van der Waals surface area contributed by atoms with Gasteiger partial charge < -0.3 is 15.8 Å². The summed E-state index contributed by atoms with van der Waals surface area (Å²) in [7, 11) is 1.53. The lowest BCUT2D eigenvalue weighted by Gasteiger charge is -2.13. The number of benzene rings is 1. The number of nitrogens with two attached hydrogens (primary N) is 1. The third-order valence-electron chi connectivity index (χ3n) is 2.82. The van der Waals surface area contributed by atoms with E-state index in [0.717, 1.165) is 12.1 Å². The predicted octanol–water partition coefficient (Wildman–Crippen LogP) is 3.04. The molecule has 7 heteroatoms. The van der Waals surface area contributed by atoms with Crippen LogP contribution in [0.2, 0.25) is 0 Å². The van der Waals surface area contributed by atoms with Gasteiger partial charge in [0.05, 0.1) is 11.7 Å². The zero-order valence-electron chi connectivity index (χ0n) is 11.3. The second kappa shape index (κ2) is 6.60. The molecule has 1 aromatic rings. The van der Waals surface area contributed by atoms with Crippen LogP contribution in [0, 0.1) is 0 Å². The van der Waals surface area contributed by atoms with Crippen molar-refractivity contribution in [2.45, 2.75) is 32.0 Å². The zero-order valence-corrected chi connectivity index (χ0v) is 11.3. The molecule has 0 bridgehead atoms. The summed E-state index contributed by atoms with van der Waals surface area (Å²) in [5.74, 6) is -0.369. The molecular weight excluding hydrogens is 273 g/mol. The molecule has 1 atom stereocenters. The van der Waals surface area contributed by atoms with Gasteiger partial charge in [0.25, 0.3) is 0 Å². The summed E-state index contributed by atoms with van der Waals surface area (Å²) >= 11 is 0. The van der Waals surface area contributed by atoms with Crippen molar-refractivity contribution in [2.24, 2.45) is 0 Å². The number of amides is 1. The fraction of sp³-hybridized carbons (Fsp3) is 0.462. The number of carbonyl (C=O) groups excluding carboxylic acids is 1. The molecule has 0 aliphatic carbocycles. The maximum Gasteiger partial charge on any atom is 0.418 e. The summed E-state index contributed by atoms with van der Waals surface area (Å²) in [6.45, 7) is 1.80. The van der Waals surface area contributed by atoms with Gasteiger partial charge in [-0.3, -0.25) is 4.79 Å². The highest BCUT2D eigenvalue weighted by molar-refractivity contribution is 5.91. The first kappa shape index (κ1) is 16.3. The van der Waals surface area contributed by atoms with E-state index in [9.17, 15) is 18.0 Å². The summed E-state index contributed by atoms with van der Waals surface area (Å²) in [6.07, 6.45) is -3.97. The fourth-order valence-corrected chi connectivity index (χ4v) is 1.56. The topological polar surface area (TPSA) is 64.3 Å². The standard InChI is InChI=1S/C13H17F3N2O2/c1-8(20-2)3-6-12(19)18-9-4-5-11(17)10(7-9)13(14,15)16/h4-5,7-8H,3,6,17H2,1-2H3,(H,18,19). The number of hydrogen-bond donors (Lipinski definition) is 2. The molecule has 0 aromatic heterocycles. The molecule has 1 aromatic carbocycles. The van der Waals surface area contributed by atoms with Crippen molar-refractivity contribution in [1.82, 2.24) is 0 Å². The van der Waals surface area contributed by atoms with Crippen molar-refractivity contribution in [2.75, 3.05) is 18.2 Å². The molecular formula is C13H17F3N2O2. The molecule has 1 amide bonds. The van der Waals surface area contributed by atoms with Crippen LogP contribution >= 0.6 is 0 Å². The minimum atomic E-state index is -4.55. The van der Waals surface area contributed by atoms with Crippen molar-refractivity contribution in [3.8, 4) is 0 Å². The van der Waals surface area contributed by atoms with Gasteiger partial charge in [0.2, 0.25) is 5.91 Å². The molecule has 0 saturated heterocycles. The lowest BCUT2D eigenvalue weighted by atomic mass is 10.1. The van der Waals surface area contributed by atoms with Crippen LogP contribution in [0.15, 0.2) is 18.2 Å². The Morgan fingerprint density at radius 1 is 1.45 bits per heavy atom. The van der Waals surface area contributed by atoms with E-state index in [1.54, 1.807) is 6.92 Å². The minimum absolute atomic E-state index is 0.0709. The summed E-state index contributed by atoms with van der Waals surface area (Å²) < 4.78 is 43.0. The number of nitrogens with one attached hydrogen (secondary N) is 1. The molecule has 0 aliphatic rings. The molecule has 3 N–H and O–H groups in total. The highest BCUT2D eigenvalue weighted by Gasteiger charge is 2.33. The van der Waals surface area contributed by atoms with Gasteiger partial charge in [-0.15, -0.1) is 0 Å². The molecule has 1 rings (SSSR count). The normalized spacial score (nSPS) is 13.1. The summed E-state index contributed by atoms with van der Waals surface area (Å²) in [6, 6.07) is 3.28. The van der Waals surface area contributed by atoms with E-state index in [-0.39, 0.29) is 29.8 Å². The van der Waals surface area contributed by atoms with Crippen LogP contribution < -0.4 is 11.1 Å². The molecule has 0 saturated carbocycles. The summed E-state index contributed by atoms with van der Waals surface area (Å²) in [5.41, 5.74) is 4.01. The number of methoxy groups -OCH3 is 1. The smallest absolute Gasteiger partial charge is 0.398 e. The SMILES string of the molecule is COC(C)CCC(=O)Nc1ccc(N)c(C(F)(F)F)c1. The van der Waals surface area contributed by atoms with Gasteiger partial charge in [-0.2, -0.15) is 13.2 Å². The molecule has 0 fully saturated rings. The van der Waals surface area contributed by atoms with Crippen LogP contribution in [0.3, 0.4) is 0 Å². The Balaban J connectivity index is 2.71. The zero-order chi connectivity index (χ0) is 15.3. The van der Waals surface area contributed by atoms with Gasteiger partial charge in [0, 0.05) is 24.9 Å². The van der Waals surface area contributed by atoms with Crippen LogP contribution in [0.1, 0.15) is 25.3 Å². The van der Waals surface area contributed by atoms with Crippen molar-refractivity contribution in [3.05, 3.63) is 23.8 Å². The predicted molar refractivity (Wildman–Crippen MR) is 70.2 cm³/mol. The summed E-state index contributed by atoms with van der Waals surface area (Å²) in [4.78, 5) is 11.6.